The number of amides is 2. The minimum absolute atomic E-state index is 0.0465. The molecule has 2 saturated heterocycles. The van der Waals surface area contributed by atoms with Crippen molar-refractivity contribution in [2.45, 2.75) is 58.3 Å². The van der Waals surface area contributed by atoms with Gasteiger partial charge in [-0.15, -0.1) is 0 Å². The minimum atomic E-state index is 0.0465. The Hall–Kier alpha value is -2.08. The number of rotatable bonds is 7. The van der Waals surface area contributed by atoms with E-state index in [0.29, 0.717) is 44.3 Å². The summed E-state index contributed by atoms with van der Waals surface area (Å²) >= 11 is 0. The molecule has 0 aromatic heterocycles. The van der Waals surface area contributed by atoms with Crippen LogP contribution in [0.2, 0.25) is 0 Å². The Labute approximate surface area is 199 Å². The third-order valence-corrected chi connectivity index (χ3v) is 7.68. The first-order valence-electron chi connectivity index (χ1n) is 13.1. The Bertz CT molecular complexity index is 759. The lowest BCUT2D eigenvalue weighted by Gasteiger charge is -2.37. The number of hydrogen-bond acceptors (Lipinski definition) is 4. The summed E-state index contributed by atoms with van der Waals surface area (Å²) in [5.41, 5.74) is 0.691. The van der Waals surface area contributed by atoms with E-state index in [2.05, 4.69) is 11.8 Å². The maximum atomic E-state index is 12.9. The van der Waals surface area contributed by atoms with Gasteiger partial charge in [0.05, 0.1) is 6.61 Å². The normalized spacial score (nSPS) is 24.5. The number of nitrogens with zero attached hydrogens (tertiary/aromatic N) is 3. The molecule has 6 heteroatoms. The van der Waals surface area contributed by atoms with Gasteiger partial charge in [-0.25, -0.2) is 0 Å². The predicted octanol–water partition coefficient (Wildman–Crippen LogP) is 4.05. The van der Waals surface area contributed by atoms with Crippen LogP contribution in [0, 0.1) is 11.8 Å². The van der Waals surface area contributed by atoms with E-state index in [1.54, 1.807) is 0 Å². The molecule has 2 amide bonds. The summed E-state index contributed by atoms with van der Waals surface area (Å²) in [6.45, 7) is 9.05. The van der Waals surface area contributed by atoms with Crippen molar-refractivity contribution in [1.82, 2.24) is 14.7 Å². The quantitative estimate of drug-likeness (QED) is 0.582. The Balaban J connectivity index is 1.17. The van der Waals surface area contributed by atoms with Crippen LogP contribution in [0.3, 0.4) is 0 Å². The van der Waals surface area contributed by atoms with E-state index in [0.717, 1.165) is 50.3 Å². The summed E-state index contributed by atoms with van der Waals surface area (Å²) in [4.78, 5) is 32.2. The molecule has 3 aliphatic rings. The summed E-state index contributed by atoms with van der Waals surface area (Å²) in [7, 11) is 0. The highest BCUT2D eigenvalue weighted by Crippen LogP contribution is 2.30. The molecule has 0 N–H and O–H groups in total. The molecule has 0 unspecified atom stereocenters. The van der Waals surface area contributed by atoms with Gasteiger partial charge in [-0.3, -0.25) is 9.59 Å². The van der Waals surface area contributed by atoms with E-state index in [-0.39, 0.29) is 11.8 Å². The first-order valence-corrected chi connectivity index (χ1v) is 13.1. The van der Waals surface area contributed by atoms with Crippen LogP contribution in [0.25, 0.3) is 0 Å². The molecule has 0 radical (unpaired) electrons. The van der Waals surface area contributed by atoms with E-state index >= 15 is 0 Å². The smallest absolute Gasteiger partial charge is 0.253 e. The maximum absolute atomic E-state index is 12.9. The van der Waals surface area contributed by atoms with Gasteiger partial charge in [-0.05, 0) is 88.2 Å². The van der Waals surface area contributed by atoms with Crippen LogP contribution in [0.15, 0.2) is 24.3 Å². The van der Waals surface area contributed by atoms with Crippen molar-refractivity contribution in [2.24, 2.45) is 11.8 Å². The van der Waals surface area contributed by atoms with Gasteiger partial charge >= 0.3 is 0 Å². The molecule has 1 aromatic carbocycles. The average Bonchev–Trinajstić information content (AvgIpc) is 2.87. The second-order valence-electron chi connectivity index (χ2n) is 10.2. The number of ether oxygens (including phenoxy) is 1. The van der Waals surface area contributed by atoms with Crippen molar-refractivity contribution in [3.05, 3.63) is 29.8 Å². The highest BCUT2D eigenvalue weighted by Gasteiger charge is 2.31. The molecular weight excluding hydrogens is 414 g/mol. The number of likely N-dealkylation sites (tertiary alicyclic amines) is 1. The van der Waals surface area contributed by atoms with Crippen LogP contribution in [0.4, 0.5) is 0 Å². The first-order chi connectivity index (χ1) is 16.1. The topological polar surface area (TPSA) is 53.1 Å². The average molecular weight is 456 g/mol. The van der Waals surface area contributed by atoms with Gasteiger partial charge in [-0.2, -0.15) is 0 Å². The molecule has 2 aliphatic heterocycles. The number of piperidine rings is 1. The Kier molecular flexibility index (Phi) is 8.65. The van der Waals surface area contributed by atoms with Crippen LogP contribution >= 0.6 is 0 Å². The zero-order valence-corrected chi connectivity index (χ0v) is 20.3. The van der Waals surface area contributed by atoms with Crippen LogP contribution in [-0.4, -0.2) is 78.9 Å². The molecule has 182 valence electrons. The van der Waals surface area contributed by atoms with Crippen molar-refractivity contribution in [3.8, 4) is 5.75 Å². The van der Waals surface area contributed by atoms with Gasteiger partial charge in [0.2, 0.25) is 5.91 Å². The summed E-state index contributed by atoms with van der Waals surface area (Å²) < 4.78 is 5.89. The number of carbonyl (C=O) groups is 2. The molecule has 2 heterocycles. The van der Waals surface area contributed by atoms with Crippen molar-refractivity contribution in [1.29, 1.82) is 0 Å². The Morgan fingerprint density at radius 3 is 2.15 bits per heavy atom. The largest absolute Gasteiger partial charge is 0.494 e. The second-order valence-corrected chi connectivity index (χ2v) is 10.2. The zero-order chi connectivity index (χ0) is 23.0. The van der Waals surface area contributed by atoms with Crippen LogP contribution < -0.4 is 4.74 Å². The zero-order valence-electron chi connectivity index (χ0n) is 20.3. The van der Waals surface area contributed by atoms with Gasteiger partial charge in [-0.1, -0.05) is 13.3 Å². The fourth-order valence-corrected chi connectivity index (χ4v) is 5.43. The molecule has 1 aliphatic carbocycles. The van der Waals surface area contributed by atoms with Crippen molar-refractivity contribution < 1.29 is 14.3 Å². The molecule has 0 spiro atoms. The monoisotopic (exact) mass is 455 g/mol. The molecular formula is C27H41N3O3. The summed E-state index contributed by atoms with van der Waals surface area (Å²) in [5.74, 6) is 2.11. The van der Waals surface area contributed by atoms with E-state index < -0.39 is 0 Å². The molecule has 3 fully saturated rings. The van der Waals surface area contributed by atoms with E-state index in [1.165, 1.54) is 32.4 Å². The predicted molar refractivity (Wildman–Crippen MR) is 130 cm³/mol. The lowest BCUT2D eigenvalue weighted by atomic mass is 9.82. The highest BCUT2D eigenvalue weighted by atomic mass is 16.5. The van der Waals surface area contributed by atoms with Crippen molar-refractivity contribution in [2.75, 3.05) is 52.4 Å². The molecule has 4 rings (SSSR count). The third-order valence-electron chi connectivity index (χ3n) is 7.68. The van der Waals surface area contributed by atoms with Gasteiger partial charge in [0.25, 0.3) is 5.91 Å². The Morgan fingerprint density at radius 1 is 0.848 bits per heavy atom. The van der Waals surface area contributed by atoms with Crippen LogP contribution in [-0.2, 0) is 4.79 Å². The lowest BCUT2D eigenvalue weighted by Crippen LogP contribution is -2.52. The van der Waals surface area contributed by atoms with Gasteiger partial charge < -0.3 is 19.4 Å². The first kappa shape index (κ1) is 24.1. The highest BCUT2D eigenvalue weighted by molar-refractivity contribution is 5.94. The molecule has 1 aromatic rings. The lowest BCUT2D eigenvalue weighted by molar-refractivity contribution is -0.138. The van der Waals surface area contributed by atoms with E-state index in [4.69, 9.17) is 4.74 Å². The van der Waals surface area contributed by atoms with Crippen molar-refractivity contribution in [3.63, 3.8) is 0 Å². The maximum Gasteiger partial charge on any atom is 0.253 e. The summed E-state index contributed by atoms with van der Waals surface area (Å²) in [5, 5.41) is 0. The molecule has 0 bridgehead atoms. The standard InChI is InChI=1S/C27H41N3O3/c1-22-6-8-23(9-7-22)26(31)29-17-19-30(20-18-29)27(32)24-10-12-25(13-11-24)33-21-5-16-28-14-3-2-4-15-28/h10-13,22-23H,2-9,14-21H2,1H3. The SMILES string of the molecule is CC1CCC(C(=O)N2CCN(C(=O)c3ccc(OCCCN4CCCCC4)cc3)CC2)CC1. The third kappa shape index (κ3) is 6.72. The fourth-order valence-electron chi connectivity index (χ4n) is 5.43. The minimum Gasteiger partial charge on any atom is -0.494 e. The van der Waals surface area contributed by atoms with Gasteiger partial charge in [0.1, 0.15) is 5.75 Å². The number of piperazine rings is 1. The summed E-state index contributed by atoms with van der Waals surface area (Å²) in [6.07, 6.45) is 9.40. The second kappa shape index (κ2) is 11.9. The number of benzene rings is 1. The van der Waals surface area contributed by atoms with Crippen molar-refractivity contribution >= 4 is 11.8 Å². The number of hydrogen-bond donors (Lipinski definition) is 0. The van der Waals surface area contributed by atoms with Gasteiger partial charge in [0, 0.05) is 44.2 Å². The van der Waals surface area contributed by atoms with Crippen LogP contribution in [0.5, 0.6) is 5.75 Å². The Morgan fingerprint density at radius 2 is 1.48 bits per heavy atom. The molecule has 33 heavy (non-hydrogen) atoms. The summed E-state index contributed by atoms with van der Waals surface area (Å²) in [6, 6.07) is 7.53. The molecule has 0 atom stereocenters. The molecule has 1 saturated carbocycles. The van der Waals surface area contributed by atoms with Crippen LogP contribution in [0.1, 0.15) is 68.6 Å². The molecule has 6 nitrogen and oxygen atoms in total. The van der Waals surface area contributed by atoms with E-state index in [9.17, 15) is 9.59 Å². The van der Waals surface area contributed by atoms with Gasteiger partial charge in [0.15, 0.2) is 0 Å². The fraction of sp³-hybridized carbons (Fsp3) is 0.704. The van der Waals surface area contributed by atoms with E-state index in [1.807, 2.05) is 34.1 Å². The number of carbonyl (C=O) groups excluding carboxylic acids is 2.